The van der Waals surface area contributed by atoms with E-state index in [-0.39, 0.29) is 41.4 Å². The van der Waals surface area contributed by atoms with Gasteiger partial charge in [-0.2, -0.15) is 0 Å². The van der Waals surface area contributed by atoms with Crippen LogP contribution in [0.5, 0.6) is 0 Å². The summed E-state index contributed by atoms with van der Waals surface area (Å²) < 4.78 is 32.6. The van der Waals surface area contributed by atoms with Crippen LogP contribution in [-0.4, -0.2) is 39.3 Å². The Hall–Kier alpha value is -0.960. The van der Waals surface area contributed by atoms with Crippen molar-refractivity contribution in [3.05, 3.63) is 35.4 Å². The number of ether oxygens (including phenoxy) is 1. The zero-order valence-corrected chi connectivity index (χ0v) is 17.9. The van der Waals surface area contributed by atoms with Gasteiger partial charge in [0.05, 0.1) is 0 Å². The highest BCUT2D eigenvalue weighted by atomic mass is 127. The summed E-state index contributed by atoms with van der Waals surface area (Å²) in [6, 6.07) is 3.95. The zero-order chi connectivity index (χ0) is 18.1. The van der Waals surface area contributed by atoms with Crippen molar-refractivity contribution in [3.8, 4) is 0 Å². The second-order valence-corrected chi connectivity index (χ2v) is 6.67. The van der Waals surface area contributed by atoms with Crippen LogP contribution < -0.4 is 10.6 Å². The van der Waals surface area contributed by atoms with Crippen molar-refractivity contribution in [2.75, 3.05) is 33.4 Å². The van der Waals surface area contributed by atoms with Crippen molar-refractivity contribution in [1.82, 2.24) is 10.6 Å². The van der Waals surface area contributed by atoms with E-state index in [1.807, 2.05) is 6.92 Å². The van der Waals surface area contributed by atoms with Gasteiger partial charge >= 0.3 is 0 Å². The first-order chi connectivity index (χ1) is 12.1. The van der Waals surface area contributed by atoms with Crippen LogP contribution in [0, 0.1) is 17.0 Å². The first-order valence-corrected chi connectivity index (χ1v) is 9.04. The summed E-state index contributed by atoms with van der Waals surface area (Å²) in [6.07, 6.45) is 4.90. The molecule has 0 saturated heterocycles. The fourth-order valence-corrected chi connectivity index (χ4v) is 3.15. The zero-order valence-electron chi connectivity index (χ0n) is 15.6. The number of hydrogen-bond acceptors (Lipinski definition) is 2. The third kappa shape index (κ3) is 6.64. The monoisotopic (exact) mass is 481 g/mol. The van der Waals surface area contributed by atoms with Crippen LogP contribution in [0.1, 0.15) is 38.2 Å². The Bertz CT molecular complexity index is 560. The van der Waals surface area contributed by atoms with Crippen LogP contribution in [0.4, 0.5) is 8.78 Å². The second kappa shape index (κ2) is 11.7. The molecule has 1 fully saturated rings. The molecule has 1 saturated carbocycles. The Balaban J connectivity index is 0.00000338. The van der Waals surface area contributed by atoms with Gasteiger partial charge in [-0.25, -0.2) is 8.78 Å². The normalized spacial score (nSPS) is 15.8. The van der Waals surface area contributed by atoms with E-state index in [9.17, 15) is 8.78 Å². The molecule has 0 spiro atoms. The number of benzene rings is 1. The number of methoxy groups -OCH3 is 1. The van der Waals surface area contributed by atoms with E-state index in [1.165, 1.54) is 37.5 Å². The molecule has 1 aliphatic rings. The maximum Gasteiger partial charge on any atom is 0.191 e. The molecule has 7 heteroatoms. The van der Waals surface area contributed by atoms with E-state index >= 15 is 0 Å². The average Bonchev–Trinajstić information content (AvgIpc) is 2.56. The number of nitrogens with zero attached hydrogens (tertiary/aromatic N) is 1. The lowest BCUT2D eigenvalue weighted by molar-refractivity contribution is 0.0778. The smallest absolute Gasteiger partial charge is 0.191 e. The SMILES string of the molecule is CCNC(=NCC1(CCOC)CCC1)NCCc1c(F)cccc1F.I. The van der Waals surface area contributed by atoms with E-state index in [1.54, 1.807) is 7.11 Å². The fraction of sp³-hybridized carbons (Fsp3) is 0.632. The van der Waals surface area contributed by atoms with E-state index in [4.69, 9.17) is 4.74 Å². The van der Waals surface area contributed by atoms with Crippen LogP contribution >= 0.6 is 24.0 Å². The molecule has 26 heavy (non-hydrogen) atoms. The molecule has 1 aromatic rings. The van der Waals surface area contributed by atoms with Gasteiger partial charge in [-0.1, -0.05) is 12.5 Å². The van der Waals surface area contributed by atoms with Crippen LogP contribution in [0.2, 0.25) is 0 Å². The second-order valence-electron chi connectivity index (χ2n) is 6.67. The minimum absolute atomic E-state index is 0. The molecule has 0 atom stereocenters. The van der Waals surface area contributed by atoms with Gasteiger partial charge in [0.2, 0.25) is 0 Å². The van der Waals surface area contributed by atoms with Crippen molar-refractivity contribution in [2.45, 2.75) is 39.0 Å². The predicted octanol–water partition coefficient (Wildman–Crippen LogP) is 3.89. The molecule has 0 radical (unpaired) electrons. The third-order valence-electron chi connectivity index (χ3n) is 4.90. The van der Waals surface area contributed by atoms with Gasteiger partial charge in [0, 0.05) is 38.9 Å². The average molecular weight is 481 g/mol. The fourth-order valence-electron chi connectivity index (χ4n) is 3.15. The lowest BCUT2D eigenvalue weighted by atomic mass is 9.67. The van der Waals surface area contributed by atoms with E-state index < -0.39 is 11.6 Å². The molecular weight excluding hydrogens is 451 g/mol. The van der Waals surface area contributed by atoms with Gasteiger partial charge in [0.1, 0.15) is 11.6 Å². The van der Waals surface area contributed by atoms with Gasteiger partial charge in [-0.15, -0.1) is 24.0 Å². The molecule has 0 bridgehead atoms. The summed E-state index contributed by atoms with van der Waals surface area (Å²) in [6.45, 7) is 4.67. The minimum atomic E-state index is -0.503. The molecular formula is C19H30F2IN3O. The molecule has 2 N–H and O–H groups in total. The van der Waals surface area contributed by atoms with E-state index in [2.05, 4.69) is 15.6 Å². The standard InChI is InChI=1S/C19H29F2N3O.HI/c1-3-22-18(24-14-19(9-5-10-19)11-13-25-2)23-12-8-15-16(20)6-4-7-17(15)21;/h4,6-7H,3,5,8-14H2,1-2H3,(H2,22,23,24);1H. The first kappa shape index (κ1) is 23.1. The molecule has 148 valence electrons. The predicted molar refractivity (Wildman–Crippen MR) is 112 cm³/mol. The molecule has 0 aromatic heterocycles. The van der Waals surface area contributed by atoms with Crippen LogP contribution in [0.15, 0.2) is 23.2 Å². The number of aliphatic imine (C=N–C) groups is 1. The highest BCUT2D eigenvalue weighted by Crippen LogP contribution is 2.44. The molecule has 2 rings (SSSR count). The summed E-state index contributed by atoms with van der Waals surface area (Å²) in [5.74, 6) is -0.309. The Labute approximate surface area is 172 Å². The summed E-state index contributed by atoms with van der Waals surface area (Å²) in [5.41, 5.74) is 0.358. The van der Waals surface area contributed by atoms with Crippen LogP contribution in [0.3, 0.4) is 0 Å². The number of guanidine groups is 1. The lowest BCUT2D eigenvalue weighted by Crippen LogP contribution is -2.41. The molecule has 0 heterocycles. The topological polar surface area (TPSA) is 45.7 Å². The molecule has 0 amide bonds. The minimum Gasteiger partial charge on any atom is -0.385 e. The lowest BCUT2D eigenvalue weighted by Gasteiger charge is -2.40. The van der Waals surface area contributed by atoms with Crippen molar-refractivity contribution in [2.24, 2.45) is 10.4 Å². The molecule has 0 unspecified atom stereocenters. The maximum absolute atomic E-state index is 13.7. The van der Waals surface area contributed by atoms with Gasteiger partial charge in [0.15, 0.2) is 5.96 Å². The molecule has 1 aliphatic carbocycles. The number of nitrogens with one attached hydrogen (secondary N) is 2. The van der Waals surface area contributed by atoms with E-state index in [0.29, 0.717) is 12.5 Å². The van der Waals surface area contributed by atoms with Gasteiger partial charge in [-0.3, -0.25) is 4.99 Å². The van der Waals surface area contributed by atoms with Crippen LogP contribution in [-0.2, 0) is 11.2 Å². The quantitative estimate of drug-likeness (QED) is 0.320. The van der Waals surface area contributed by atoms with Crippen molar-refractivity contribution >= 4 is 29.9 Å². The van der Waals surface area contributed by atoms with Gasteiger partial charge in [0.25, 0.3) is 0 Å². The Kier molecular flexibility index (Phi) is 10.4. The third-order valence-corrected chi connectivity index (χ3v) is 4.90. The summed E-state index contributed by atoms with van der Waals surface area (Å²) >= 11 is 0. The molecule has 1 aromatic carbocycles. The molecule has 4 nitrogen and oxygen atoms in total. The van der Waals surface area contributed by atoms with Gasteiger partial charge in [-0.05, 0) is 50.2 Å². The van der Waals surface area contributed by atoms with Crippen molar-refractivity contribution in [3.63, 3.8) is 0 Å². The highest BCUT2D eigenvalue weighted by Gasteiger charge is 2.36. The number of hydrogen-bond donors (Lipinski definition) is 2. The summed E-state index contributed by atoms with van der Waals surface area (Å²) in [5, 5.41) is 6.37. The van der Waals surface area contributed by atoms with Crippen molar-refractivity contribution < 1.29 is 13.5 Å². The van der Waals surface area contributed by atoms with Crippen molar-refractivity contribution in [1.29, 1.82) is 0 Å². The Morgan fingerprint density at radius 1 is 1.23 bits per heavy atom. The van der Waals surface area contributed by atoms with Crippen LogP contribution in [0.25, 0.3) is 0 Å². The van der Waals surface area contributed by atoms with E-state index in [0.717, 1.165) is 26.1 Å². The number of halogens is 3. The van der Waals surface area contributed by atoms with Gasteiger partial charge < -0.3 is 15.4 Å². The first-order valence-electron chi connectivity index (χ1n) is 9.04. The number of rotatable bonds is 9. The maximum atomic E-state index is 13.7. The Morgan fingerprint density at radius 3 is 2.46 bits per heavy atom. The molecule has 0 aliphatic heterocycles. The highest BCUT2D eigenvalue weighted by molar-refractivity contribution is 14.0. The summed E-state index contributed by atoms with van der Waals surface area (Å²) in [7, 11) is 1.73. The summed E-state index contributed by atoms with van der Waals surface area (Å²) in [4.78, 5) is 4.69. The Morgan fingerprint density at radius 2 is 1.92 bits per heavy atom. The largest absolute Gasteiger partial charge is 0.385 e.